The second kappa shape index (κ2) is 12.7. The van der Waals surface area contributed by atoms with Crippen molar-refractivity contribution < 1.29 is 9.47 Å². The fourth-order valence-electron chi connectivity index (χ4n) is 2.02. The van der Waals surface area contributed by atoms with Gasteiger partial charge < -0.3 is 20.1 Å². The van der Waals surface area contributed by atoms with E-state index in [0.717, 1.165) is 12.5 Å². The molecule has 0 amide bonds. The molecule has 1 unspecified atom stereocenters. The summed E-state index contributed by atoms with van der Waals surface area (Å²) in [5, 5.41) is 6.57. The lowest BCUT2D eigenvalue weighted by atomic mass is 10.1. The molecule has 0 saturated heterocycles. The van der Waals surface area contributed by atoms with E-state index in [4.69, 9.17) is 9.47 Å². The van der Waals surface area contributed by atoms with Gasteiger partial charge in [0.15, 0.2) is 5.96 Å². The van der Waals surface area contributed by atoms with Gasteiger partial charge in [0, 0.05) is 26.8 Å². The lowest BCUT2D eigenvalue weighted by Crippen LogP contribution is -2.43. The molecule has 1 aromatic rings. The molecule has 0 aromatic heterocycles. The highest BCUT2D eigenvalue weighted by molar-refractivity contribution is 14.0. The maximum Gasteiger partial charge on any atom is 0.191 e. The average Bonchev–Trinajstić information content (AvgIpc) is 2.47. The zero-order valence-corrected chi connectivity index (χ0v) is 16.2. The Bertz CT molecular complexity index is 441. The van der Waals surface area contributed by atoms with Crippen LogP contribution in [-0.4, -0.2) is 39.4 Å². The van der Waals surface area contributed by atoms with Gasteiger partial charge in [0.25, 0.3) is 0 Å². The molecule has 0 radical (unpaired) electrons. The molecule has 0 aliphatic carbocycles. The quantitative estimate of drug-likeness (QED) is 0.385. The number of nitrogens with one attached hydrogen (secondary N) is 2. The van der Waals surface area contributed by atoms with Crippen molar-refractivity contribution in [3.63, 3.8) is 0 Å². The predicted octanol–water partition coefficient (Wildman–Crippen LogP) is 2.54. The van der Waals surface area contributed by atoms with E-state index in [9.17, 15) is 0 Å². The van der Waals surface area contributed by atoms with Gasteiger partial charge in [0.05, 0.1) is 19.8 Å². The Morgan fingerprint density at radius 2 is 1.86 bits per heavy atom. The first-order valence-corrected chi connectivity index (χ1v) is 7.30. The molecule has 0 heterocycles. The van der Waals surface area contributed by atoms with Crippen LogP contribution in [-0.2, 0) is 22.6 Å². The number of guanidine groups is 1. The van der Waals surface area contributed by atoms with Crippen LogP contribution < -0.4 is 10.6 Å². The Morgan fingerprint density at radius 3 is 2.45 bits per heavy atom. The van der Waals surface area contributed by atoms with E-state index in [0.29, 0.717) is 19.8 Å². The Kier molecular flexibility index (Phi) is 12.2. The fraction of sp³-hybridized carbons (Fsp3) is 0.562. The Labute approximate surface area is 150 Å². The topological polar surface area (TPSA) is 54.9 Å². The molecule has 22 heavy (non-hydrogen) atoms. The third-order valence-corrected chi connectivity index (χ3v) is 2.97. The van der Waals surface area contributed by atoms with Crippen molar-refractivity contribution in [1.82, 2.24) is 10.6 Å². The summed E-state index contributed by atoms with van der Waals surface area (Å²) in [6, 6.07) is 8.41. The molecule has 2 N–H and O–H groups in total. The van der Waals surface area contributed by atoms with Gasteiger partial charge >= 0.3 is 0 Å². The van der Waals surface area contributed by atoms with Crippen LogP contribution in [0.1, 0.15) is 25.0 Å². The number of hydrogen-bond donors (Lipinski definition) is 2. The molecular weight excluding hydrogens is 393 g/mol. The van der Waals surface area contributed by atoms with Gasteiger partial charge in [-0.25, -0.2) is 4.99 Å². The molecular formula is C16H28IN3O2. The smallest absolute Gasteiger partial charge is 0.191 e. The maximum absolute atomic E-state index is 5.22. The summed E-state index contributed by atoms with van der Waals surface area (Å²) in [6.45, 7) is 6.81. The van der Waals surface area contributed by atoms with Gasteiger partial charge in [-0.1, -0.05) is 24.3 Å². The van der Waals surface area contributed by atoms with Crippen LogP contribution in [0.2, 0.25) is 0 Å². The van der Waals surface area contributed by atoms with E-state index in [2.05, 4.69) is 41.6 Å². The van der Waals surface area contributed by atoms with Gasteiger partial charge in [-0.2, -0.15) is 0 Å². The molecule has 0 aliphatic rings. The van der Waals surface area contributed by atoms with Crippen LogP contribution in [0.15, 0.2) is 29.3 Å². The zero-order valence-electron chi connectivity index (χ0n) is 13.9. The number of benzene rings is 1. The van der Waals surface area contributed by atoms with Crippen molar-refractivity contribution in [2.45, 2.75) is 33.0 Å². The standard InChI is InChI=1S/C16H27N3O2.HI/c1-5-17-16(19-13(2)11-20-3)18-10-14-8-6-7-9-15(14)12-21-4;/h6-9,13H,5,10-12H2,1-4H3,(H2,17,18,19);1H. The van der Waals surface area contributed by atoms with Crippen LogP contribution in [0.4, 0.5) is 0 Å². The Balaban J connectivity index is 0.00000441. The first kappa shape index (κ1) is 21.1. The monoisotopic (exact) mass is 421 g/mol. The van der Waals surface area contributed by atoms with Crippen molar-refractivity contribution in [2.75, 3.05) is 27.4 Å². The fourth-order valence-corrected chi connectivity index (χ4v) is 2.02. The maximum atomic E-state index is 5.22. The molecule has 5 nitrogen and oxygen atoms in total. The first-order chi connectivity index (χ1) is 10.2. The summed E-state index contributed by atoms with van der Waals surface area (Å²) < 4.78 is 10.4. The molecule has 0 spiro atoms. The highest BCUT2D eigenvalue weighted by Gasteiger charge is 2.05. The van der Waals surface area contributed by atoms with Crippen molar-refractivity contribution in [1.29, 1.82) is 0 Å². The van der Waals surface area contributed by atoms with E-state index >= 15 is 0 Å². The largest absolute Gasteiger partial charge is 0.383 e. The lowest BCUT2D eigenvalue weighted by molar-refractivity contribution is 0.179. The minimum atomic E-state index is 0. The number of aliphatic imine (C=N–C) groups is 1. The third kappa shape index (κ3) is 7.95. The molecule has 1 aromatic carbocycles. The molecule has 0 fully saturated rings. The molecule has 6 heteroatoms. The van der Waals surface area contributed by atoms with Crippen LogP contribution in [0.3, 0.4) is 0 Å². The number of methoxy groups -OCH3 is 2. The summed E-state index contributed by atoms with van der Waals surface area (Å²) in [5.74, 6) is 0.800. The number of nitrogens with zero attached hydrogens (tertiary/aromatic N) is 1. The SMILES string of the molecule is CCNC(=NCc1ccccc1COC)NC(C)COC.I. The average molecular weight is 421 g/mol. The molecule has 1 atom stereocenters. The van der Waals surface area contributed by atoms with Crippen molar-refractivity contribution >= 4 is 29.9 Å². The van der Waals surface area contributed by atoms with Crippen molar-refractivity contribution in [3.8, 4) is 0 Å². The van der Waals surface area contributed by atoms with Crippen LogP contribution in [0.5, 0.6) is 0 Å². The van der Waals surface area contributed by atoms with Crippen LogP contribution >= 0.6 is 24.0 Å². The number of hydrogen-bond acceptors (Lipinski definition) is 3. The predicted molar refractivity (Wildman–Crippen MR) is 102 cm³/mol. The summed E-state index contributed by atoms with van der Waals surface area (Å²) in [7, 11) is 3.40. The highest BCUT2D eigenvalue weighted by atomic mass is 127. The van der Waals surface area contributed by atoms with Gasteiger partial charge in [-0.15, -0.1) is 24.0 Å². The van der Waals surface area contributed by atoms with Crippen LogP contribution in [0.25, 0.3) is 0 Å². The van der Waals surface area contributed by atoms with Crippen molar-refractivity contribution in [2.24, 2.45) is 4.99 Å². The summed E-state index contributed by atoms with van der Waals surface area (Å²) in [6.07, 6.45) is 0. The van der Waals surface area contributed by atoms with E-state index < -0.39 is 0 Å². The van der Waals surface area contributed by atoms with E-state index in [1.807, 2.05) is 12.1 Å². The number of halogens is 1. The highest BCUT2D eigenvalue weighted by Crippen LogP contribution is 2.11. The first-order valence-electron chi connectivity index (χ1n) is 7.30. The van der Waals surface area contributed by atoms with E-state index in [1.165, 1.54) is 11.1 Å². The molecule has 0 bridgehead atoms. The molecule has 1 rings (SSSR count). The third-order valence-electron chi connectivity index (χ3n) is 2.97. The second-order valence-electron chi connectivity index (χ2n) is 4.90. The van der Waals surface area contributed by atoms with Gasteiger partial charge in [-0.3, -0.25) is 0 Å². The summed E-state index contributed by atoms with van der Waals surface area (Å²) in [4.78, 5) is 4.63. The van der Waals surface area contributed by atoms with Crippen molar-refractivity contribution in [3.05, 3.63) is 35.4 Å². The minimum Gasteiger partial charge on any atom is -0.383 e. The molecule has 126 valence electrons. The normalized spacial score (nSPS) is 12.5. The van der Waals surface area contributed by atoms with E-state index in [-0.39, 0.29) is 30.0 Å². The van der Waals surface area contributed by atoms with Gasteiger partial charge in [-0.05, 0) is 25.0 Å². The Hall–Kier alpha value is -0.860. The molecule has 0 saturated carbocycles. The minimum absolute atomic E-state index is 0. The lowest BCUT2D eigenvalue weighted by Gasteiger charge is -2.17. The van der Waals surface area contributed by atoms with E-state index in [1.54, 1.807) is 14.2 Å². The zero-order chi connectivity index (χ0) is 15.5. The second-order valence-corrected chi connectivity index (χ2v) is 4.90. The summed E-state index contributed by atoms with van der Waals surface area (Å²) in [5.41, 5.74) is 2.35. The molecule has 0 aliphatic heterocycles. The Morgan fingerprint density at radius 1 is 1.18 bits per heavy atom. The number of rotatable bonds is 8. The van der Waals surface area contributed by atoms with Crippen LogP contribution in [0, 0.1) is 0 Å². The number of ether oxygens (including phenoxy) is 2. The summed E-state index contributed by atoms with van der Waals surface area (Å²) >= 11 is 0. The van der Waals surface area contributed by atoms with Gasteiger partial charge in [0.1, 0.15) is 0 Å². The van der Waals surface area contributed by atoms with Gasteiger partial charge in [0.2, 0.25) is 0 Å².